The number of fused-ring (bicyclic) bond motifs is 3. The molecule has 0 radical (unpaired) electrons. The molecule has 0 spiro atoms. The Bertz CT molecular complexity index is 804. The minimum Gasteiger partial charge on any atom is -0.251 e. The number of rotatable bonds is 7. The Hall–Kier alpha value is -2.14. The molecular weight excluding hydrogens is 345 g/mol. The molecule has 0 amide bonds. The van der Waals surface area contributed by atoms with Crippen LogP contribution in [0.4, 0.5) is 4.39 Å². The molecule has 2 aromatic carbocycles. The minimum absolute atomic E-state index is 0.246. The van der Waals surface area contributed by atoms with Crippen LogP contribution in [0.3, 0.4) is 0 Å². The molecule has 28 heavy (non-hydrogen) atoms. The summed E-state index contributed by atoms with van der Waals surface area (Å²) in [5.41, 5.74) is 6.03. The number of nitriles is 1. The average molecular weight is 376 g/mol. The molecule has 3 fully saturated rings. The Kier molecular flexibility index (Phi) is 5.54. The summed E-state index contributed by atoms with van der Waals surface area (Å²) in [6.07, 6.45) is 10.9. The Balaban J connectivity index is 1.45. The first-order valence-corrected chi connectivity index (χ1v) is 10.8. The Morgan fingerprint density at radius 2 is 1.39 bits per heavy atom. The molecule has 0 N–H and O–H groups in total. The van der Waals surface area contributed by atoms with Gasteiger partial charge in [-0.3, -0.25) is 4.39 Å². The number of alkyl halides is 1. The number of aryl methyl sites for hydroxylation is 1. The van der Waals surface area contributed by atoms with Crippen LogP contribution in [0, 0.1) is 16.7 Å². The summed E-state index contributed by atoms with van der Waals surface area (Å²) in [4.78, 5) is 0. The van der Waals surface area contributed by atoms with Crippen LogP contribution in [-0.2, 0) is 11.8 Å². The summed E-state index contributed by atoms with van der Waals surface area (Å²) in [5, 5.41) is 8.96. The van der Waals surface area contributed by atoms with Gasteiger partial charge < -0.3 is 0 Å². The normalized spacial score (nSPS) is 26.1. The maximum atomic E-state index is 12.3. The van der Waals surface area contributed by atoms with E-state index in [1.807, 2.05) is 0 Å². The molecule has 0 aromatic heterocycles. The second-order valence-electron chi connectivity index (χ2n) is 9.01. The highest BCUT2D eigenvalue weighted by Crippen LogP contribution is 2.59. The molecule has 3 aliphatic carbocycles. The fourth-order valence-corrected chi connectivity index (χ4v) is 5.54. The second kappa shape index (κ2) is 8.08. The molecule has 5 rings (SSSR count). The molecule has 3 saturated carbocycles. The molecule has 2 heteroatoms. The summed E-state index contributed by atoms with van der Waals surface area (Å²) in [6, 6.07) is 20.2. The number of hydrogen-bond donors (Lipinski definition) is 0. The van der Waals surface area contributed by atoms with Crippen molar-refractivity contribution in [3.05, 3.63) is 59.7 Å². The highest BCUT2D eigenvalue weighted by Gasteiger charge is 2.48. The van der Waals surface area contributed by atoms with E-state index in [9.17, 15) is 4.39 Å². The monoisotopic (exact) mass is 375 g/mol. The predicted molar refractivity (Wildman–Crippen MR) is 113 cm³/mol. The third-order valence-electron chi connectivity index (χ3n) is 7.55. The highest BCUT2D eigenvalue weighted by molar-refractivity contribution is 5.64. The lowest BCUT2D eigenvalue weighted by Gasteiger charge is -2.54. The molecule has 146 valence electrons. The van der Waals surface area contributed by atoms with E-state index in [0.29, 0.717) is 23.7 Å². The van der Waals surface area contributed by atoms with Gasteiger partial charge in [0.15, 0.2) is 0 Å². The van der Waals surface area contributed by atoms with E-state index in [0.717, 1.165) is 12.8 Å². The Morgan fingerprint density at radius 1 is 0.821 bits per heavy atom. The van der Waals surface area contributed by atoms with Crippen LogP contribution in [0.5, 0.6) is 0 Å². The van der Waals surface area contributed by atoms with Crippen molar-refractivity contribution in [2.75, 3.05) is 6.67 Å². The average Bonchev–Trinajstić information content (AvgIpc) is 2.78. The smallest absolute Gasteiger partial charge is 0.0897 e. The fraction of sp³-hybridized carbons (Fsp3) is 0.500. The van der Waals surface area contributed by atoms with E-state index in [4.69, 9.17) is 5.26 Å². The minimum atomic E-state index is -0.246. The Labute approximate surface area is 168 Å². The maximum Gasteiger partial charge on any atom is 0.0897 e. The molecule has 0 atom stereocenters. The molecular formula is C26H30FN. The maximum absolute atomic E-state index is 12.3. The molecule has 2 bridgehead atoms. The van der Waals surface area contributed by atoms with Gasteiger partial charge in [0, 0.05) is 6.42 Å². The van der Waals surface area contributed by atoms with Crippen molar-refractivity contribution in [2.24, 2.45) is 5.41 Å². The van der Waals surface area contributed by atoms with E-state index >= 15 is 0 Å². The van der Waals surface area contributed by atoms with Gasteiger partial charge in [-0.05, 0) is 90.9 Å². The first-order chi connectivity index (χ1) is 13.7. The van der Waals surface area contributed by atoms with Crippen LogP contribution in [0.1, 0.15) is 68.9 Å². The van der Waals surface area contributed by atoms with Crippen molar-refractivity contribution in [2.45, 2.75) is 69.6 Å². The first kappa shape index (κ1) is 19.2. The van der Waals surface area contributed by atoms with Crippen LogP contribution in [0.15, 0.2) is 48.5 Å². The van der Waals surface area contributed by atoms with Gasteiger partial charge in [-0.2, -0.15) is 5.26 Å². The van der Waals surface area contributed by atoms with Gasteiger partial charge in [0.2, 0.25) is 0 Å². The third kappa shape index (κ3) is 3.72. The van der Waals surface area contributed by atoms with Crippen molar-refractivity contribution in [3.63, 3.8) is 0 Å². The molecule has 2 aromatic rings. The molecule has 3 aliphatic rings. The lowest BCUT2D eigenvalue weighted by molar-refractivity contribution is 0.0338. The fourth-order valence-electron chi connectivity index (χ4n) is 5.54. The van der Waals surface area contributed by atoms with Crippen LogP contribution in [0.25, 0.3) is 11.1 Å². The largest absolute Gasteiger partial charge is 0.251 e. The van der Waals surface area contributed by atoms with Crippen LogP contribution in [0.2, 0.25) is 0 Å². The number of nitrogens with zero attached hydrogens (tertiary/aromatic N) is 1. The van der Waals surface area contributed by atoms with Crippen molar-refractivity contribution in [3.8, 4) is 17.2 Å². The summed E-state index contributed by atoms with van der Waals surface area (Å²) < 4.78 is 12.3. The summed E-state index contributed by atoms with van der Waals surface area (Å²) in [6.45, 7) is -0.246. The molecule has 0 unspecified atom stereocenters. The lowest BCUT2D eigenvalue weighted by Crippen LogP contribution is -2.44. The standard InChI is InChI=1S/C26H30FN/c27-19-1-3-21-4-6-22(7-5-21)23-8-10-24(11-9-23)26-16-13-25(14-17-26,15-18-26)12-2-20-28/h4-11H,1-3,12-19H2. The van der Waals surface area contributed by atoms with Crippen molar-refractivity contribution < 1.29 is 4.39 Å². The van der Waals surface area contributed by atoms with E-state index in [1.165, 1.54) is 60.8 Å². The number of benzene rings is 2. The van der Waals surface area contributed by atoms with Gasteiger partial charge in [0.05, 0.1) is 12.7 Å². The zero-order chi connectivity index (χ0) is 19.5. The third-order valence-corrected chi connectivity index (χ3v) is 7.55. The van der Waals surface area contributed by atoms with Gasteiger partial charge in [0.1, 0.15) is 0 Å². The van der Waals surface area contributed by atoms with Crippen LogP contribution in [-0.4, -0.2) is 6.67 Å². The van der Waals surface area contributed by atoms with E-state index < -0.39 is 0 Å². The second-order valence-corrected chi connectivity index (χ2v) is 9.01. The van der Waals surface area contributed by atoms with Crippen molar-refractivity contribution in [1.82, 2.24) is 0 Å². The van der Waals surface area contributed by atoms with Gasteiger partial charge in [-0.25, -0.2) is 0 Å². The molecule has 0 aliphatic heterocycles. The SMILES string of the molecule is N#CCCC12CCC(c3ccc(-c4ccc(CCCF)cc4)cc3)(CC1)CC2. The van der Waals surface area contributed by atoms with Crippen LogP contribution < -0.4 is 0 Å². The quantitative estimate of drug-likeness (QED) is 0.504. The molecule has 1 nitrogen and oxygen atoms in total. The molecule has 0 saturated heterocycles. The molecule has 0 heterocycles. The topological polar surface area (TPSA) is 23.8 Å². The van der Waals surface area contributed by atoms with E-state index in [-0.39, 0.29) is 6.67 Å². The summed E-state index contributed by atoms with van der Waals surface area (Å²) in [7, 11) is 0. The van der Waals surface area contributed by atoms with Crippen LogP contribution >= 0.6 is 0 Å². The van der Waals surface area contributed by atoms with Crippen molar-refractivity contribution >= 4 is 0 Å². The zero-order valence-electron chi connectivity index (χ0n) is 16.7. The summed E-state index contributed by atoms with van der Waals surface area (Å²) in [5.74, 6) is 0. The van der Waals surface area contributed by atoms with E-state index in [1.54, 1.807) is 0 Å². The zero-order valence-corrected chi connectivity index (χ0v) is 16.7. The van der Waals surface area contributed by atoms with Gasteiger partial charge in [-0.1, -0.05) is 48.5 Å². The lowest BCUT2D eigenvalue weighted by atomic mass is 9.51. The van der Waals surface area contributed by atoms with Gasteiger partial charge >= 0.3 is 0 Å². The predicted octanol–water partition coefficient (Wildman–Crippen LogP) is 7.15. The van der Waals surface area contributed by atoms with Crippen molar-refractivity contribution in [1.29, 1.82) is 5.26 Å². The van der Waals surface area contributed by atoms with Gasteiger partial charge in [-0.15, -0.1) is 0 Å². The summed E-state index contributed by atoms with van der Waals surface area (Å²) >= 11 is 0. The number of halogens is 1. The number of hydrogen-bond acceptors (Lipinski definition) is 1. The van der Waals surface area contributed by atoms with Gasteiger partial charge in [0.25, 0.3) is 0 Å². The Morgan fingerprint density at radius 3 is 1.93 bits per heavy atom. The van der Waals surface area contributed by atoms with E-state index in [2.05, 4.69) is 54.6 Å². The highest BCUT2D eigenvalue weighted by atomic mass is 19.1. The first-order valence-electron chi connectivity index (χ1n) is 10.8.